The molecule has 0 aliphatic carbocycles. The van der Waals surface area contributed by atoms with Crippen molar-refractivity contribution in [2.45, 2.75) is 24.6 Å². The zero-order chi connectivity index (χ0) is 19.8. The molecule has 3 aromatic rings. The number of carbonyl (C=O) groups excluding carboxylic acids is 1. The molecule has 1 heterocycles. The van der Waals surface area contributed by atoms with Crippen molar-refractivity contribution < 1.29 is 4.79 Å². The molecule has 0 spiro atoms. The Kier molecular flexibility index (Phi) is 7.45. The number of amides is 1. The summed E-state index contributed by atoms with van der Waals surface area (Å²) in [6, 6.07) is 18.2. The van der Waals surface area contributed by atoms with Crippen molar-refractivity contribution in [2.24, 2.45) is 5.92 Å². The standard InChI is InChI=1S/C21H24N4OS2/c1-15(2)13-22-20-24-25-21(28-20)27-14-19(26)23-18-11-7-6-10-17(18)12-16-8-4-3-5-9-16/h3-11,15H,12-14H2,1-2H3,(H,22,24)(H,23,26). The van der Waals surface area contributed by atoms with E-state index in [0.717, 1.165) is 33.7 Å². The summed E-state index contributed by atoms with van der Waals surface area (Å²) in [4.78, 5) is 12.4. The fourth-order valence-electron chi connectivity index (χ4n) is 2.56. The number of nitrogens with one attached hydrogen (secondary N) is 2. The van der Waals surface area contributed by atoms with E-state index in [1.165, 1.54) is 28.7 Å². The van der Waals surface area contributed by atoms with Gasteiger partial charge in [0, 0.05) is 12.2 Å². The SMILES string of the molecule is CC(C)CNc1nnc(SCC(=O)Nc2ccccc2Cc2ccccc2)s1. The summed E-state index contributed by atoms with van der Waals surface area (Å²) < 4.78 is 0.791. The van der Waals surface area contributed by atoms with Gasteiger partial charge in [-0.25, -0.2) is 0 Å². The van der Waals surface area contributed by atoms with Crippen molar-refractivity contribution >= 4 is 39.8 Å². The van der Waals surface area contributed by atoms with Crippen molar-refractivity contribution in [1.82, 2.24) is 10.2 Å². The fourth-order valence-corrected chi connectivity index (χ4v) is 4.12. The molecule has 1 amide bonds. The van der Waals surface area contributed by atoms with Crippen molar-refractivity contribution in [1.29, 1.82) is 0 Å². The topological polar surface area (TPSA) is 66.9 Å². The minimum Gasteiger partial charge on any atom is -0.360 e. The molecule has 0 radical (unpaired) electrons. The van der Waals surface area contributed by atoms with Gasteiger partial charge in [0.25, 0.3) is 0 Å². The zero-order valence-electron chi connectivity index (χ0n) is 16.0. The molecule has 0 aliphatic rings. The van der Waals surface area contributed by atoms with Crippen LogP contribution in [0.15, 0.2) is 58.9 Å². The van der Waals surface area contributed by atoms with E-state index in [1.807, 2.05) is 42.5 Å². The lowest BCUT2D eigenvalue weighted by atomic mass is 10.0. The Labute approximate surface area is 174 Å². The van der Waals surface area contributed by atoms with Crippen LogP contribution in [0.4, 0.5) is 10.8 Å². The van der Waals surface area contributed by atoms with Crippen molar-refractivity contribution in [3.8, 4) is 0 Å². The van der Waals surface area contributed by atoms with Crippen LogP contribution < -0.4 is 10.6 Å². The Morgan fingerprint density at radius 1 is 1.07 bits per heavy atom. The molecular weight excluding hydrogens is 388 g/mol. The van der Waals surface area contributed by atoms with Crippen LogP contribution in [0.1, 0.15) is 25.0 Å². The largest absolute Gasteiger partial charge is 0.360 e. The number of hydrogen-bond acceptors (Lipinski definition) is 6. The van der Waals surface area contributed by atoms with Gasteiger partial charge in [-0.05, 0) is 29.5 Å². The van der Waals surface area contributed by atoms with E-state index in [1.54, 1.807) is 0 Å². The predicted octanol–water partition coefficient (Wildman–Crippen LogP) is 4.93. The lowest BCUT2D eigenvalue weighted by Crippen LogP contribution is -2.15. The highest BCUT2D eigenvalue weighted by molar-refractivity contribution is 8.01. The second-order valence-electron chi connectivity index (χ2n) is 6.80. The summed E-state index contributed by atoms with van der Waals surface area (Å²) in [5.74, 6) is 0.803. The number of nitrogens with zero attached hydrogens (tertiary/aromatic N) is 2. The molecule has 0 unspecified atom stereocenters. The molecule has 7 heteroatoms. The maximum absolute atomic E-state index is 12.4. The summed E-state index contributed by atoms with van der Waals surface area (Å²) in [5.41, 5.74) is 3.17. The van der Waals surface area contributed by atoms with Crippen molar-refractivity contribution in [3.63, 3.8) is 0 Å². The van der Waals surface area contributed by atoms with Gasteiger partial charge in [0.2, 0.25) is 11.0 Å². The van der Waals surface area contributed by atoms with Gasteiger partial charge in [0.05, 0.1) is 5.75 Å². The summed E-state index contributed by atoms with van der Waals surface area (Å²) in [7, 11) is 0. The number of hydrogen-bond donors (Lipinski definition) is 2. The maximum Gasteiger partial charge on any atom is 0.234 e. The average molecular weight is 413 g/mol. The van der Waals surface area contributed by atoms with E-state index in [2.05, 4.69) is 46.8 Å². The van der Waals surface area contributed by atoms with E-state index < -0.39 is 0 Å². The van der Waals surface area contributed by atoms with Crippen molar-refractivity contribution in [2.75, 3.05) is 22.9 Å². The molecule has 5 nitrogen and oxygen atoms in total. The Hall–Kier alpha value is -2.38. The summed E-state index contributed by atoms with van der Waals surface area (Å²) in [5, 5.41) is 15.3. The average Bonchev–Trinajstić information content (AvgIpc) is 3.15. The first-order valence-corrected chi connectivity index (χ1v) is 11.0. The van der Waals surface area contributed by atoms with E-state index in [-0.39, 0.29) is 5.91 Å². The minimum atomic E-state index is -0.0441. The molecule has 2 N–H and O–H groups in total. The Bertz CT molecular complexity index is 896. The van der Waals surface area contributed by atoms with Crippen LogP contribution in [0, 0.1) is 5.92 Å². The van der Waals surface area contributed by atoms with Gasteiger partial charge in [0.1, 0.15) is 0 Å². The van der Waals surface area contributed by atoms with E-state index in [9.17, 15) is 4.79 Å². The van der Waals surface area contributed by atoms with Crippen LogP contribution in [-0.2, 0) is 11.2 Å². The van der Waals surface area contributed by atoms with Gasteiger partial charge >= 0.3 is 0 Å². The molecule has 0 aliphatic heterocycles. The molecule has 0 fully saturated rings. The maximum atomic E-state index is 12.4. The number of thioether (sulfide) groups is 1. The van der Waals surface area contributed by atoms with Crippen LogP contribution in [-0.4, -0.2) is 28.4 Å². The highest BCUT2D eigenvalue weighted by atomic mass is 32.2. The Balaban J connectivity index is 1.54. The Morgan fingerprint density at radius 2 is 1.82 bits per heavy atom. The number of aromatic nitrogens is 2. The highest BCUT2D eigenvalue weighted by Crippen LogP contribution is 2.26. The number of carbonyl (C=O) groups is 1. The monoisotopic (exact) mass is 412 g/mol. The number of para-hydroxylation sites is 1. The summed E-state index contributed by atoms with van der Waals surface area (Å²) >= 11 is 2.88. The van der Waals surface area contributed by atoms with Gasteiger partial charge in [-0.15, -0.1) is 10.2 Å². The quantitative estimate of drug-likeness (QED) is 0.488. The second-order valence-corrected chi connectivity index (χ2v) is 9.00. The molecular formula is C21H24N4OS2. The van der Waals surface area contributed by atoms with Crippen LogP contribution >= 0.6 is 23.1 Å². The minimum absolute atomic E-state index is 0.0441. The first-order valence-electron chi connectivity index (χ1n) is 9.22. The lowest BCUT2D eigenvalue weighted by Gasteiger charge is -2.11. The lowest BCUT2D eigenvalue weighted by molar-refractivity contribution is -0.113. The van der Waals surface area contributed by atoms with Gasteiger partial charge < -0.3 is 10.6 Å². The molecule has 1 aromatic heterocycles. The van der Waals surface area contributed by atoms with Crippen LogP contribution in [0.3, 0.4) is 0 Å². The van der Waals surface area contributed by atoms with E-state index in [0.29, 0.717) is 11.7 Å². The molecule has 0 saturated carbocycles. The third kappa shape index (κ3) is 6.35. The normalized spacial score (nSPS) is 10.8. The van der Waals surface area contributed by atoms with Gasteiger partial charge in [-0.1, -0.05) is 85.5 Å². The van der Waals surface area contributed by atoms with Gasteiger partial charge in [-0.2, -0.15) is 0 Å². The zero-order valence-corrected chi connectivity index (χ0v) is 17.6. The first-order chi connectivity index (χ1) is 13.6. The van der Waals surface area contributed by atoms with E-state index in [4.69, 9.17) is 0 Å². The molecule has 28 heavy (non-hydrogen) atoms. The third-order valence-electron chi connectivity index (χ3n) is 3.92. The first kappa shape index (κ1) is 20.4. The van der Waals surface area contributed by atoms with Gasteiger partial charge in [-0.3, -0.25) is 4.79 Å². The van der Waals surface area contributed by atoms with Crippen LogP contribution in [0.25, 0.3) is 0 Å². The molecule has 146 valence electrons. The fraction of sp³-hybridized carbons (Fsp3) is 0.286. The predicted molar refractivity (Wildman–Crippen MR) is 118 cm³/mol. The molecule has 0 bridgehead atoms. The summed E-state index contributed by atoms with van der Waals surface area (Å²) in [6.45, 7) is 5.14. The second kappa shape index (κ2) is 10.2. The molecule has 0 atom stereocenters. The van der Waals surface area contributed by atoms with Crippen molar-refractivity contribution in [3.05, 3.63) is 65.7 Å². The van der Waals surface area contributed by atoms with Crippen LogP contribution in [0.2, 0.25) is 0 Å². The number of rotatable bonds is 9. The smallest absolute Gasteiger partial charge is 0.234 e. The molecule has 2 aromatic carbocycles. The van der Waals surface area contributed by atoms with E-state index >= 15 is 0 Å². The number of benzene rings is 2. The molecule has 3 rings (SSSR count). The number of anilines is 2. The third-order valence-corrected chi connectivity index (χ3v) is 5.94. The summed E-state index contributed by atoms with van der Waals surface area (Å²) in [6.07, 6.45) is 0.783. The Morgan fingerprint density at radius 3 is 2.61 bits per heavy atom. The van der Waals surface area contributed by atoms with Gasteiger partial charge in [0.15, 0.2) is 4.34 Å². The molecule has 0 saturated heterocycles. The highest BCUT2D eigenvalue weighted by Gasteiger charge is 2.11. The van der Waals surface area contributed by atoms with Crippen LogP contribution in [0.5, 0.6) is 0 Å².